The number of carbonyl (C=O) groups is 3. The number of aryl methyl sites for hydroxylation is 1. The number of nitrogens with zero attached hydrogens (tertiary/aromatic N) is 2. The second-order valence-electron chi connectivity index (χ2n) is 6.76. The van der Waals surface area contributed by atoms with Crippen molar-refractivity contribution in [1.82, 2.24) is 20.2 Å². The minimum absolute atomic E-state index is 0.0507. The van der Waals surface area contributed by atoms with Gasteiger partial charge in [0.25, 0.3) is 24.4 Å². The molecule has 0 radical (unpaired) electrons. The van der Waals surface area contributed by atoms with Crippen LogP contribution in [-0.4, -0.2) is 70.1 Å². The van der Waals surface area contributed by atoms with Crippen LogP contribution in [0.2, 0.25) is 5.02 Å². The molecule has 1 amide bonds. The van der Waals surface area contributed by atoms with Crippen LogP contribution in [0.3, 0.4) is 0 Å². The number of nitrogens with one attached hydrogen (secondary N) is 2. The molecular formula is C21H27ClN4O6. The Hall–Kier alpha value is -3.24. The first-order chi connectivity index (χ1) is 15.4. The number of hydrogen-bond donors (Lipinski definition) is 4. The maximum absolute atomic E-state index is 12.2. The Morgan fingerprint density at radius 2 is 1.75 bits per heavy atom. The van der Waals surface area contributed by atoms with Crippen LogP contribution in [-0.2, 0) is 9.59 Å². The van der Waals surface area contributed by atoms with Gasteiger partial charge < -0.3 is 25.4 Å². The van der Waals surface area contributed by atoms with Crippen molar-refractivity contribution in [1.29, 1.82) is 0 Å². The molecule has 1 fully saturated rings. The lowest BCUT2D eigenvalue weighted by Crippen LogP contribution is -2.28. The van der Waals surface area contributed by atoms with Gasteiger partial charge in [0.2, 0.25) is 0 Å². The Morgan fingerprint density at radius 3 is 2.31 bits per heavy atom. The van der Waals surface area contributed by atoms with Crippen LogP contribution in [0.15, 0.2) is 29.1 Å². The van der Waals surface area contributed by atoms with Gasteiger partial charge in [-0.3, -0.25) is 19.2 Å². The van der Waals surface area contributed by atoms with Gasteiger partial charge in [-0.25, -0.2) is 4.98 Å². The van der Waals surface area contributed by atoms with Gasteiger partial charge in [-0.1, -0.05) is 23.7 Å². The van der Waals surface area contributed by atoms with E-state index < -0.39 is 0 Å². The van der Waals surface area contributed by atoms with Crippen molar-refractivity contribution in [3.63, 3.8) is 0 Å². The SMILES string of the molecule is Cc1nc(-c2ccc(C(=O)NCCCN3CCCC3)cc2)c(Cl)c(=O)[nH]1.O=CO.O=CO. The fraction of sp³-hybridized carbons (Fsp3) is 0.381. The zero-order valence-electron chi connectivity index (χ0n) is 17.7. The highest BCUT2D eigenvalue weighted by Crippen LogP contribution is 2.23. The minimum Gasteiger partial charge on any atom is -0.483 e. The number of aromatic nitrogens is 2. The molecule has 0 unspecified atom stereocenters. The van der Waals surface area contributed by atoms with E-state index in [2.05, 4.69) is 20.2 Å². The Morgan fingerprint density at radius 1 is 1.19 bits per heavy atom. The highest BCUT2D eigenvalue weighted by Gasteiger charge is 2.13. The van der Waals surface area contributed by atoms with Crippen molar-refractivity contribution in [3.05, 3.63) is 51.0 Å². The van der Waals surface area contributed by atoms with Gasteiger partial charge in [-0.15, -0.1) is 0 Å². The van der Waals surface area contributed by atoms with Crippen molar-refractivity contribution in [2.24, 2.45) is 0 Å². The van der Waals surface area contributed by atoms with Crippen LogP contribution in [0.1, 0.15) is 35.4 Å². The molecule has 1 aliphatic rings. The van der Waals surface area contributed by atoms with Gasteiger partial charge >= 0.3 is 0 Å². The summed E-state index contributed by atoms with van der Waals surface area (Å²) in [7, 11) is 0. The molecule has 0 bridgehead atoms. The predicted molar refractivity (Wildman–Crippen MR) is 120 cm³/mol. The molecule has 11 heteroatoms. The summed E-state index contributed by atoms with van der Waals surface area (Å²) >= 11 is 6.05. The molecule has 3 rings (SSSR count). The summed E-state index contributed by atoms with van der Waals surface area (Å²) in [6, 6.07) is 6.96. The van der Waals surface area contributed by atoms with Crippen molar-refractivity contribution < 1.29 is 24.6 Å². The highest BCUT2D eigenvalue weighted by molar-refractivity contribution is 6.32. The lowest BCUT2D eigenvalue weighted by atomic mass is 10.1. The van der Waals surface area contributed by atoms with E-state index in [4.69, 9.17) is 31.4 Å². The third-order valence-electron chi connectivity index (χ3n) is 4.54. The lowest BCUT2D eigenvalue weighted by Gasteiger charge is -2.14. The molecule has 1 aliphatic heterocycles. The number of hydrogen-bond acceptors (Lipinski definition) is 6. The number of aromatic amines is 1. The number of likely N-dealkylation sites (tertiary alicyclic amines) is 1. The molecule has 0 aliphatic carbocycles. The van der Waals surface area contributed by atoms with Crippen LogP contribution >= 0.6 is 11.6 Å². The molecular weight excluding hydrogens is 440 g/mol. The Bertz CT molecular complexity index is 921. The molecule has 1 aromatic carbocycles. The molecule has 0 saturated carbocycles. The van der Waals surface area contributed by atoms with Crippen molar-refractivity contribution in [3.8, 4) is 11.3 Å². The van der Waals surface area contributed by atoms with E-state index >= 15 is 0 Å². The first kappa shape index (κ1) is 26.8. The van der Waals surface area contributed by atoms with E-state index in [1.165, 1.54) is 25.9 Å². The largest absolute Gasteiger partial charge is 0.483 e. The Balaban J connectivity index is 0.000000769. The standard InChI is InChI=1S/C19H23ClN4O2.2CH2O2/c1-13-22-17(16(20)19(26)23-13)14-5-7-15(8-6-14)18(25)21-9-4-12-24-10-2-3-11-24;2*2-1-3/h5-8H,2-4,9-12H2,1H3,(H,21,25)(H,22,23,26);2*1H,(H,2,3). The molecule has 2 heterocycles. The molecule has 4 N–H and O–H groups in total. The predicted octanol–water partition coefficient (Wildman–Crippen LogP) is 2.02. The Kier molecular flexibility index (Phi) is 12.3. The smallest absolute Gasteiger partial charge is 0.290 e. The number of amides is 1. The summed E-state index contributed by atoms with van der Waals surface area (Å²) in [5.41, 5.74) is 1.34. The molecule has 1 aromatic heterocycles. The second-order valence-corrected chi connectivity index (χ2v) is 7.14. The molecule has 1 saturated heterocycles. The topological polar surface area (TPSA) is 153 Å². The number of rotatable bonds is 6. The quantitative estimate of drug-likeness (QED) is 0.372. The molecule has 174 valence electrons. The number of benzene rings is 1. The second kappa shape index (κ2) is 14.7. The van der Waals surface area contributed by atoms with Gasteiger partial charge in [0.15, 0.2) is 0 Å². The van der Waals surface area contributed by atoms with Crippen LogP contribution in [0.4, 0.5) is 0 Å². The normalized spacial score (nSPS) is 12.6. The van der Waals surface area contributed by atoms with Gasteiger partial charge in [-0.2, -0.15) is 0 Å². The molecule has 10 nitrogen and oxygen atoms in total. The summed E-state index contributed by atoms with van der Waals surface area (Å²) < 4.78 is 0. The first-order valence-corrected chi connectivity index (χ1v) is 10.3. The third kappa shape index (κ3) is 8.86. The van der Waals surface area contributed by atoms with E-state index in [-0.39, 0.29) is 29.4 Å². The van der Waals surface area contributed by atoms with Crippen LogP contribution in [0.25, 0.3) is 11.3 Å². The van der Waals surface area contributed by atoms with Crippen LogP contribution in [0.5, 0.6) is 0 Å². The highest BCUT2D eigenvalue weighted by atomic mass is 35.5. The molecule has 32 heavy (non-hydrogen) atoms. The third-order valence-corrected chi connectivity index (χ3v) is 4.89. The van der Waals surface area contributed by atoms with Gasteiger partial charge in [-0.05, 0) is 58.0 Å². The van der Waals surface area contributed by atoms with E-state index in [0.717, 1.165) is 13.0 Å². The number of H-pyrrole nitrogens is 1. The van der Waals surface area contributed by atoms with E-state index in [9.17, 15) is 9.59 Å². The summed E-state index contributed by atoms with van der Waals surface area (Å²) in [5.74, 6) is 0.397. The molecule has 0 spiro atoms. The molecule has 0 atom stereocenters. The number of halogens is 1. The van der Waals surface area contributed by atoms with E-state index in [1.807, 2.05) is 0 Å². The van der Waals surface area contributed by atoms with Crippen molar-refractivity contribution in [2.75, 3.05) is 26.2 Å². The van der Waals surface area contributed by atoms with Gasteiger partial charge in [0.05, 0.1) is 5.69 Å². The number of carboxylic acid groups (broad SMARTS) is 2. The average Bonchev–Trinajstić information content (AvgIpc) is 3.28. The summed E-state index contributed by atoms with van der Waals surface area (Å²) in [6.07, 6.45) is 3.52. The van der Waals surface area contributed by atoms with Gasteiger partial charge in [0, 0.05) is 17.7 Å². The van der Waals surface area contributed by atoms with Gasteiger partial charge in [0.1, 0.15) is 10.8 Å². The lowest BCUT2D eigenvalue weighted by molar-refractivity contribution is -0.123. The maximum atomic E-state index is 12.2. The minimum atomic E-state index is -0.367. The first-order valence-electron chi connectivity index (χ1n) is 9.91. The average molecular weight is 467 g/mol. The number of carbonyl (C=O) groups excluding carboxylic acids is 1. The summed E-state index contributed by atoms with van der Waals surface area (Å²) in [4.78, 5) is 50.0. The fourth-order valence-electron chi connectivity index (χ4n) is 3.16. The van der Waals surface area contributed by atoms with E-state index in [0.29, 0.717) is 29.2 Å². The zero-order chi connectivity index (χ0) is 23.9. The van der Waals surface area contributed by atoms with Crippen LogP contribution in [0, 0.1) is 6.92 Å². The van der Waals surface area contributed by atoms with Crippen molar-refractivity contribution >= 4 is 30.5 Å². The monoisotopic (exact) mass is 466 g/mol. The van der Waals surface area contributed by atoms with Crippen molar-refractivity contribution in [2.45, 2.75) is 26.2 Å². The Labute approximate surface area is 190 Å². The zero-order valence-corrected chi connectivity index (χ0v) is 18.5. The maximum Gasteiger partial charge on any atom is 0.290 e. The van der Waals surface area contributed by atoms with E-state index in [1.54, 1.807) is 31.2 Å². The summed E-state index contributed by atoms with van der Waals surface area (Å²) in [5, 5.41) is 16.8. The summed E-state index contributed by atoms with van der Waals surface area (Å²) in [6.45, 7) is 5.25. The fourth-order valence-corrected chi connectivity index (χ4v) is 3.35. The molecule has 2 aromatic rings. The van der Waals surface area contributed by atoms with Crippen LogP contribution < -0.4 is 10.9 Å².